The number of hydrogen-bond acceptors (Lipinski definition) is 1. The van der Waals surface area contributed by atoms with Gasteiger partial charge in [0.15, 0.2) is 17.5 Å². The van der Waals surface area contributed by atoms with Crippen LogP contribution in [0.25, 0.3) is 0 Å². The molecule has 0 aromatic heterocycles. The number of halogens is 3. The lowest BCUT2D eigenvalue weighted by Gasteiger charge is -2.06. The van der Waals surface area contributed by atoms with Gasteiger partial charge in [-0.15, -0.1) is 0 Å². The zero-order chi connectivity index (χ0) is 10.0. The molecule has 0 bridgehead atoms. The Morgan fingerprint density at radius 2 is 1.85 bits per heavy atom. The van der Waals surface area contributed by atoms with Gasteiger partial charge in [0.25, 0.3) is 0 Å². The van der Waals surface area contributed by atoms with Crippen LogP contribution < -0.4 is 0 Å². The first-order valence-electron chi connectivity index (χ1n) is 3.82. The van der Waals surface area contributed by atoms with Gasteiger partial charge in [-0.05, 0) is 18.6 Å². The summed E-state index contributed by atoms with van der Waals surface area (Å²) in [6, 6.07) is 1.97. The maximum atomic E-state index is 12.9. The molecule has 1 nitrogen and oxygen atoms in total. The van der Waals surface area contributed by atoms with Crippen LogP contribution in [0.1, 0.15) is 12.5 Å². The Bertz CT molecular complexity index is 310. The van der Waals surface area contributed by atoms with Gasteiger partial charge in [0, 0.05) is 6.42 Å². The third-order valence-corrected chi connectivity index (χ3v) is 1.63. The van der Waals surface area contributed by atoms with Gasteiger partial charge >= 0.3 is 0 Å². The molecule has 0 spiro atoms. The molecular weight excluding hydrogens is 181 g/mol. The van der Waals surface area contributed by atoms with Gasteiger partial charge in [-0.1, -0.05) is 6.07 Å². The van der Waals surface area contributed by atoms with E-state index in [4.69, 9.17) is 5.11 Å². The van der Waals surface area contributed by atoms with Crippen molar-refractivity contribution in [2.24, 2.45) is 0 Å². The standard InChI is InChI=1S/C9H9F3O/c1-5(13)4-6-2-3-7(10)9(12)8(6)11/h2-3,5,13H,4H2,1H3/t5-/m1/s1. The van der Waals surface area contributed by atoms with E-state index in [1.807, 2.05) is 0 Å². The maximum Gasteiger partial charge on any atom is 0.194 e. The lowest BCUT2D eigenvalue weighted by molar-refractivity contribution is 0.193. The van der Waals surface area contributed by atoms with E-state index in [1.54, 1.807) is 0 Å². The lowest BCUT2D eigenvalue weighted by Crippen LogP contribution is -2.07. The summed E-state index contributed by atoms with van der Waals surface area (Å²) < 4.78 is 37.9. The summed E-state index contributed by atoms with van der Waals surface area (Å²) in [5.41, 5.74) is -0.0195. The van der Waals surface area contributed by atoms with Gasteiger partial charge in [0.2, 0.25) is 0 Å². The molecule has 0 unspecified atom stereocenters. The second-order valence-electron chi connectivity index (χ2n) is 2.89. The van der Waals surface area contributed by atoms with Crippen molar-refractivity contribution >= 4 is 0 Å². The monoisotopic (exact) mass is 190 g/mol. The van der Waals surface area contributed by atoms with Crippen molar-refractivity contribution < 1.29 is 18.3 Å². The molecule has 0 saturated carbocycles. The van der Waals surface area contributed by atoms with Crippen LogP contribution in [0.4, 0.5) is 13.2 Å². The Morgan fingerprint density at radius 1 is 1.23 bits per heavy atom. The summed E-state index contributed by atoms with van der Waals surface area (Å²) in [5.74, 6) is -3.93. The van der Waals surface area contributed by atoms with Crippen molar-refractivity contribution in [1.82, 2.24) is 0 Å². The smallest absolute Gasteiger partial charge is 0.194 e. The fourth-order valence-electron chi connectivity index (χ4n) is 1.04. The van der Waals surface area contributed by atoms with Crippen LogP contribution in [0.3, 0.4) is 0 Å². The highest BCUT2D eigenvalue weighted by atomic mass is 19.2. The molecule has 0 heterocycles. The zero-order valence-electron chi connectivity index (χ0n) is 7.02. The molecule has 0 aliphatic heterocycles. The first-order valence-corrected chi connectivity index (χ1v) is 3.82. The number of rotatable bonds is 2. The summed E-state index contributed by atoms with van der Waals surface area (Å²) in [6.45, 7) is 1.45. The van der Waals surface area contributed by atoms with Crippen molar-refractivity contribution in [3.05, 3.63) is 35.1 Å². The van der Waals surface area contributed by atoms with E-state index in [0.29, 0.717) is 0 Å². The molecule has 0 amide bonds. The predicted molar refractivity (Wildman–Crippen MR) is 41.7 cm³/mol. The second-order valence-corrected chi connectivity index (χ2v) is 2.89. The number of aliphatic hydroxyl groups excluding tert-OH is 1. The van der Waals surface area contributed by atoms with Gasteiger partial charge in [-0.2, -0.15) is 0 Å². The molecule has 72 valence electrons. The Balaban J connectivity index is 3.04. The van der Waals surface area contributed by atoms with Gasteiger partial charge in [-0.25, -0.2) is 13.2 Å². The van der Waals surface area contributed by atoms with Crippen molar-refractivity contribution in [3.8, 4) is 0 Å². The molecule has 1 N–H and O–H groups in total. The van der Waals surface area contributed by atoms with Crippen LogP contribution in [0, 0.1) is 17.5 Å². The van der Waals surface area contributed by atoms with E-state index in [2.05, 4.69) is 0 Å². The number of benzene rings is 1. The first kappa shape index (κ1) is 10.1. The van der Waals surface area contributed by atoms with Gasteiger partial charge < -0.3 is 5.11 Å². The molecule has 1 aromatic carbocycles. The maximum absolute atomic E-state index is 12.9. The summed E-state index contributed by atoms with van der Waals surface area (Å²) in [4.78, 5) is 0. The van der Waals surface area contributed by atoms with E-state index >= 15 is 0 Å². The van der Waals surface area contributed by atoms with Crippen LogP contribution >= 0.6 is 0 Å². The van der Waals surface area contributed by atoms with Crippen LogP contribution in [0.2, 0.25) is 0 Å². The van der Waals surface area contributed by atoms with Gasteiger partial charge in [0.05, 0.1) is 6.10 Å². The van der Waals surface area contributed by atoms with E-state index in [0.717, 1.165) is 12.1 Å². The van der Waals surface area contributed by atoms with E-state index < -0.39 is 23.6 Å². The van der Waals surface area contributed by atoms with Crippen LogP contribution in [0.15, 0.2) is 12.1 Å². The summed E-state index contributed by atoms with van der Waals surface area (Å²) in [6.07, 6.45) is -0.803. The fraction of sp³-hybridized carbons (Fsp3) is 0.333. The van der Waals surface area contributed by atoms with Gasteiger partial charge in [-0.3, -0.25) is 0 Å². The third-order valence-electron chi connectivity index (χ3n) is 1.63. The molecule has 1 atom stereocenters. The van der Waals surface area contributed by atoms with Crippen molar-refractivity contribution in [2.45, 2.75) is 19.4 Å². The summed E-state index contributed by atoms with van der Waals surface area (Å²) in [5, 5.41) is 8.91. The minimum atomic E-state index is -1.49. The molecule has 0 aliphatic rings. The van der Waals surface area contributed by atoms with Crippen molar-refractivity contribution in [2.75, 3.05) is 0 Å². The highest BCUT2D eigenvalue weighted by molar-refractivity contribution is 5.20. The molecule has 4 heteroatoms. The highest BCUT2D eigenvalue weighted by Crippen LogP contribution is 2.16. The quantitative estimate of drug-likeness (QED) is 0.707. The largest absolute Gasteiger partial charge is 0.393 e. The molecule has 1 rings (SSSR count). The van der Waals surface area contributed by atoms with E-state index in [-0.39, 0.29) is 12.0 Å². The molecular formula is C9H9F3O. The first-order chi connectivity index (χ1) is 6.02. The van der Waals surface area contributed by atoms with Crippen molar-refractivity contribution in [3.63, 3.8) is 0 Å². The molecule has 1 aromatic rings. The lowest BCUT2D eigenvalue weighted by atomic mass is 10.1. The Kier molecular flexibility index (Phi) is 2.93. The Labute approximate surface area is 73.8 Å². The molecule has 0 aliphatic carbocycles. The average molecular weight is 190 g/mol. The van der Waals surface area contributed by atoms with E-state index in [9.17, 15) is 13.2 Å². The molecule has 13 heavy (non-hydrogen) atoms. The normalized spacial score (nSPS) is 13.0. The fourth-order valence-corrected chi connectivity index (χ4v) is 1.04. The summed E-state index contributed by atoms with van der Waals surface area (Å²) >= 11 is 0. The summed E-state index contributed by atoms with van der Waals surface area (Å²) in [7, 11) is 0. The van der Waals surface area contributed by atoms with Gasteiger partial charge in [0.1, 0.15) is 0 Å². The predicted octanol–water partition coefficient (Wildman–Crippen LogP) is 2.03. The third kappa shape index (κ3) is 2.21. The molecule has 0 fully saturated rings. The van der Waals surface area contributed by atoms with Crippen LogP contribution in [-0.2, 0) is 6.42 Å². The van der Waals surface area contributed by atoms with Crippen LogP contribution in [-0.4, -0.2) is 11.2 Å². The van der Waals surface area contributed by atoms with Crippen LogP contribution in [0.5, 0.6) is 0 Å². The zero-order valence-corrected chi connectivity index (χ0v) is 7.02. The van der Waals surface area contributed by atoms with E-state index in [1.165, 1.54) is 6.92 Å². The number of hydrogen-bond donors (Lipinski definition) is 1. The topological polar surface area (TPSA) is 20.2 Å². The minimum absolute atomic E-state index is 0.0195. The van der Waals surface area contributed by atoms with Crippen molar-refractivity contribution in [1.29, 1.82) is 0 Å². The SMILES string of the molecule is C[C@@H](O)Cc1ccc(F)c(F)c1F. The molecule has 0 saturated heterocycles. The minimum Gasteiger partial charge on any atom is -0.393 e. The second kappa shape index (κ2) is 3.79. The molecule has 0 radical (unpaired) electrons. The highest BCUT2D eigenvalue weighted by Gasteiger charge is 2.13. The Hall–Kier alpha value is -1.03. The Morgan fingerprint density at radius 3 is 2.38 bits per heavy atom. The average Bonchev–Trinajstić information content (AvgIpc) is 2.06. The number of aliphatic hydroxyl groups is 1.